The van der Waals surface area contributed by atoms with Crippen molar-refractivity contribution in [2.45, 2.75) is 44.7 Å². The van der Waals surface area contributed by atoms with Crippen LogP contribution < -0.4 is 5.32 Å². The third kappa shape index (κ3) is 5.03. The second-order valence-corrected chi connectivity index (χ2v) is 11.3. The molecule has 0 spiro atoms. The number of rotatable bonds is 6. The van der Waals surface area contributed by atoms with E-state index in [9.17, 15) is 26.8 Å². The van der Waals surface area contributed by atoms with Crippen molar-refractivity contribution in [3.8, 4) is 6.07 Å². The van der Waals surface area contributed by atoms with Gasteiger partial charge in [0.2, 0.25) is 11.8 Å². The fourth-order valence-electron chi connectivity index (χ4n) is 5.00. The van der Waals surface area contributed by atoms with Crippen molar-refractivity contribution in [1.29, 1.82) is 5.26 Å². The molecule has 0 unspecified atom stereocenters. The Bertz CT molecular complexity index is 1140. The maximum Gasteiger partial charge on any atom is 0.282 e. The van der Waals surface area contributed by atoms with Gasteiger partial charge in [0.25, 0.3) is 10.2 Å². The standard InChI is InChI=1S/C23H29F2N5O4S/c1-15(18-6-2-7-19(24)21(18)25)27-22(31)20-8-4-10-30(20)23(32)17-5-3-9-28(14-17)35(33,34)29-12-16(11-26)13-29/h2,6-7,15-17,20H,3-5,8-10,12-14H2,1H3,(H,27,31)/t15-,17-,20+/m0/s1. The summed E-state index contributed by atoms with van der Waals surface area (Å²) in [6, 6.07) is 4.28. The number of likely N-dealkylation sites (tertiary alicyclic amines) is 1. The highest BCUT2D eigenvalue weighted by atomic mass is 32.2. The lowest BCUT2D eigenvalue weighted by Crippen LogP contribution is -2.57. The number of piperidine rings is 1. The van der Waals surface area contributed by atoms with E-state index in [0.29, 0.717) is 38.8 Å². The molecule has 3 fully saturated rings. The van der Waals surface area contributed by atoms with Gasteiger partial charge in [-0.2, -0.15) is 22.3 Å². The Labute approximate surface area is 203 Å². The van der Waals surface area contributed by atoms with Gasteiger partial charge in [-0.05, 0) is 38.7 Å². The molecule has 3 atom stereocenters. The lowest BCUT2D eigenvalue weighted by atomic mass is 9.97. The average molecular weight is 510 g/mol. The summed E-state index contributed by atoms with van der Waals surface area (Å²) < 4.78 is 56.0. The second kappa shape index (κ2) is 10.2. The predicted molar refractivity (Wildman–Crippen MR) is 122 cm³/mol. The Hall–Kier alpha value is -2.62. The number of carbonyl (C=O) groups is 2. The van der Waals surface area contributed by atoms with Gasteiger partial charge in [-0.25, -0.2) is 8.78 Å². The number of nitrogens with one attached hydrogen (secondary N) is 1. The van der Waals surface area contributed by atoms with E-state index in [4.69, 9.17) is 5.26 Å². The largest absolute Gasteiger partial charge is 0.348 e. The summed E-state index contributed by atoms with van der Waals surface area (Å²) in [6.45, 7) is 2.58. The molecule has 3 aliphatic heterocycles. The highest BCUT2D eigenvalue weighted by molar-refractivity contribution is 7.86. The van der Waals surface area contributed by atoms with Gasteiger partial charge in [0.15, 0.2) is 11.6 Å². The Morgan fingerprint density at radius 2 is 1.83 bits per heavy atom. The first-order valence-electron chi connectivity index (χ1n) is 11.8. The van der Waals surface area contributed by atoms with E-state index in [2.05, 4.69) is 11.4 Å². The van der Waals surface area contributed by atoms with E-state index in [1.807, 2.05) is 0 Å². The number of hydrogen-bond donors (Lipinski definition) is 1. The van der Waals surface area contributed by atoms with Crippen LogP contribution >= 0.6 is 0 Å². The van der Waals surface area contributed by atoms with Crippen molar-refractivity contribution >= 4 is 22.0 Å². The first-order chi connectivity index (χ1) is 16.6. The Kier molecular flexibility index (Phi) is 7.40. The van der Waals surface area contributed by atoms with Gasteiger partial charge in [-0.1, -0.05) is 12.1 Å². The van der Waals surface area contributed by atoms with E-state index < -0.39 is 45.8 Å². The summed E-state index contributed by atoms with van der Waals surface area (Å²) in [5.41, 5.74) is 0.0204. The average Bonchev–Trinajstić information content (AvgIpc) is 3.29. The van der Waals surface area contributed by atoms with E-state index in [0.717, 1.165) is 6.07 Å². The summed E-state index contributed by atoms with van der Waals surface area (Å²) in [4.78, 5) is 27.8. The van der Waals surface area contributed by atoms with Crippen LogP contribution in [-0.2, 0) is 19.8 Å². The fourth-order valence-corrected chi connectivity index (χ4v) is 6.80. The maximum atomic E-state index is 14.1. The van der Waals surface area contributed by atoms with Crippen LogP contribution in [0.5, 0.6) is 0 Å². The third-order valence-electron chi connectivity index (χ3n) is 7.06. The van der Waals surface area contributed by atoms with Crippen molar-refractivity contribution in [3.05, 3.63) is 35.4 Å². The topological polar surface area (TPSA) is 114 Å². The molecule has 1 N–H and O–H groups in total. The SMILES string of the molecule is C[C@H](NC(=O)[C@H]1CCCN1C(=O)[C@H]1CCCN(S(=O)(=O)N2CC(C#N)C2)C1)c1cccc(F)c1F. The minimum Gasteiger partial charge on any atom is -0.348 e. The number of amides is 2. The smallest absolute Gasteiger partial charge is 0.282 e. The van der Waals surface area contributed by atoms with Crippen molar-refractivity contribution in [2.75, 3.05) is 32.7 Å². The van der Waals surface area contributed by atoms with Crippen molar-refractivity contribution < 1.29 is 26.8 Å². The van der Waals surface area contributed by atoms with Crippen LogP contribution in [0.25, 0.3) is 0 Å². The molecule has 0 aliphatic carbocycles. The minimum atomic E-state index is -3.74. The van der Waals surface area contributed by atoms with Gasteiger partial charge in [-0.15, -0.1) is 0 Å². The van der Waals surface area contributed by atoms with Crippen LogP contribution in [-0.4, -0.2) is 72.5 Å². The Balaban J connectivity index is 1.40. The van der Waals surface area contributed by atoms with E-state index in [-0.39, 0.29) is 37.0 Å². The maximum absolute atomic E-state index is 14.1. The van der Waals surface area contributed by atoms with Crippen LogP contribution in [0.1, 0.15) is 44.2 Å². The third-order valence-corrected chi connectivity index (χ3v) is 9.00. The zero-order valence-electron chi connectivity index (χ0n) is 19.5. The number of carbonyl (C=O) groups excluding carboxylic acids is 2. The van der Waals surface area contributed by atoms with Crippen LogP contribution in [0.3, 0.4) is 0 Å². The Morgan fingerprint density at radius 1 is 1.11 bits per heavy atom. The Morgan fingerprint density at radius 3 is 2.54 bits per heavy atom. The van der Waals surface area contributed by atoms with Crippen LogP contribution in [0.15, 0.2) is 18.2 Å². The molecule has 4 rings (SSSR count). The molecule has 3 heterocycles. The highest BCUT2D eigenvalue weighted by Gasteiger charge is 2.44. The first-order valence-corrected chi connectivity index (χ1v) is 13.2. The van der Waals surface area contributed by atoms with E-state index >= 15 is 0 Å². The highest BCUT2D eigenvalue weighted by Crippen LogP contribution is 2.29. The van der Waals surface area contributed by atoms with Gasteiger partial charge in [0.05, 0.1) is 23.9 Å². The summed E-state index contributed by atoms with van der Waals surface area (Å²) in [7, 11) is -3.74. The number of halogens is 2. The first kappa shape index (κ1) is 25.5. The minimum absolute atomic E-state index is 0.0204. The molecule has 35 heavy (non-hydrogen) atoms. The van der Waals surface area contributed by atoms with Gasteiger partial charge in [-0.3, -0.25) is 9.59 Å². The lowest BCUT2D eigenvalue weighted by molar-refractivity contribution is -0.142. The molecule has 3 saturated heterocycles. The van der Waals surface area contributed by atoms with Crippen molar-refractivity contribution in [2.24, 2.45) is 11.8 Å². The quantitative estimate of drug-likeness (QED) is 0.625. The fraction of sp³-hybridized carbons (Fsp3) is 0.609. The molecule has 2 amide bonds. The molecule has 0 radical (unpaired) electrons. The molecule has 12 heteroatoms. The summed E-state index contributed by atoms with van der Waals surface area (Å²) in [5, 5.41) is 11.6. The van der Waals surface area contributed by atoms with Gasteiger partial charge >= 0.3 is 0 Å². The van der Waals surface area contributed by atoms with Gasteiger partial charge < -0.3 is 10.2 Å². The lowest BCUT2D eigenvalue weighted by Gasteiger charge is -2.41. The number of nitrogens with zero attached hydrogens (tertiary/aromatic N) is 4. The molecule has 1 aromatic rings. The number of nitriles is 1. The molecule has 0 saturated carbocycles. The number of hydrogen-bond acceptors (Lipinski definition) is 5. The molecule has 0 bridgehead atoms. The molecule has 0 aromatic heterocycles. The summed E-state index contributed by atoms with van der Waals surface area (Å²) in [6.07, 6.45) is 2.09. The van der Waals surface area contributed by atoms with Gasteiger partial charge in [0.1, 0.15) is 6.04 Å². The molecule has 190 valence electrons. The molecular formula is C23H29F2N5O4S. The molecular weight excluding hydrogens is 480 g/mol. The van der Waals surface area contributed by atoms with Gasteiger partial charge in [0, 0.05) is 38.3 Å². The van der Waals surface area contributed by atoms with Crippen LogP contribution in [0, 0.1) is 34.8 Å². The normalized spacial score (nSPS) is 25.0. The van der Waals surface area contributed by atoms with E-state index in [1.165, 1.54) is 25.6 Å². The predicted octanol–water partition coefficient (Wildman–Crippen LogP) is 1.55. The summed E-state index contributed by atoms with van der Waals surface area (Å²) in [5.74, 6) is -3.62. The van der Waals surface area contributed by atoms with Crippen LogP contribution in [0.4, 0.5) is 8.78 Å². The monoisotopic (exact) mass is 509 g/mol. The van der Waals surface area contributed by atoms with Crippen molar-refractivity contribution in [1.82, 2.24) is 18.8 Å². The zero-order chi connectivity index (χ0) is 25.3. The number of benzene rings is 1. The summed E-state index contributed by atoms with van der Waals surface area (Å²) >= 11 is 0. The molecule has 1 aromatic carbocycles. The second-order valence-electron chi connectivity index (χ2n) is 9.41. The van der Waals surface area contributed by atoms with E-state index in [1.54, 1.807) is 6.92 Å². The molecule has 3 aliphatic rings. The van der Waals surface area contributed by atoms with Crippen LogP contribution in [0.2, 0.25) is 0 Å². The zero-order valence-corrected chi connectivity index (χ0v) is 20.3. The molecule has 9 nitrogen and oxygen atoms in total. The van der Waals surface area contributed by atoms with Crippen molar-refractivity contribution in [3.63, 3.8) is 0 Å².